The minimum Gasteiger partial charge on any atom is -0.282 e. The molecule has 1 radical (unpaired) electrons. The van der Waals surface area contributed by atoms with Gasteiger partial charge in [-0.1, -0.05) is 0 Å². The summed E-state index contributed by atoms with van der Waals surface area (Å²) >= 11 is 0. The molecule has 0 bridgehead atoms. The molecule has 0 aliphatic rings. The number of fused-ring (bicyclic) bond motifs is 1. The maximum atomic E-state index is 7.41. The number of rotatable bonds is 0. The van der Waals surface area contributed by atoms with Gasteiger partial charge in [0.2, 0.25) is 0 Å². The van der Waals surface area contributed by atoms with Crippen LogP contribution < -0.4 is 5.73 Å². The third kappa shape index (κ3) is 0.902. The molecule has 53 valence electrons. The van der Waals surface area contributed by atoms with Crippen LogP contribution in [0.15, 0.2) is 30.7 Å². The molecule has 1 N–H and O–H groups in total. The van der Waals surface area contributed by atoms with Gasteiger partial charge in [0.1, 0.15) is 0 Å². The smallest absolute Gasteiger partial charge is 0.153 e. The van der Waals surface area contributed by atoms with E-state index in [9.17, 15) is 0 Å². The Kier molecular flexibility index (Phi) is 1.22. The fourth-order valence-corrected chi connectivity index (χ4v) is 1.01. The van der Waals surface area contributed by atoms with E-state index in [2.05, 4.69) is 9.97 Å². The van der Waals surface area contributed by atoms with Gasteiger partial charge in [0, 0.05) is 24.0 Å². The second-order valence-electron chi connectivity index (χ2n) is 2.26. The third-order valence-electron chi connectivity index (χ3n) is 1.57. The van der Waals surface area contributed by atoms with Crippen molar-refractivity contribution < 1.29 is 0 Å². The van der Waals surface area contributed by atoms with Crippen LogP contribution in [0, 0.1) is 0 Å². The molecule has 0 saturated heterocycles. The van der Waals surface area contributed by atoms with Gasteiger partial charge in [0.05, 0.1) is 0 Å². The second-order valence-corrected chi connectivity index (χ2v) is 2.26. The normalized spacial score (nSPS) is 10.2. The average molecular weight is 144 g/mol. The maximum Gasteiger partial charge on any atom is 0.153 e. The monoisotopic (exact) mass is 144 g/mol. The SMILES string of the molecule is [NH]c1nccc2ccncc12. The van der Waals surface area contributed by atoms with Gasteiger partial charge < -0.3 is 0 Å². The summed E-state index contributed by atoms with van der Waals surface area (Å²) in [5.74, 6) is 0.288. The Balaban J connectivity index is 2.91. The lowest BCUT2D eigenvalue weighted by Gasteiger charge is -1.96. The van der Waals surface area contributed by atoms with Crippen molar-refractivity contribution in [2.45, 2.75) is 0 Å². The predicted octanol–water partition coefficient (Wildman–Crippen LogP) is 1.54. The molecule has 2 heterocycles. The zero-order valence-electron chi connectivity index (χ0n) is 5.78. The number of hydrogen-bond acceptors (Lipinski definition) is 2. The molecule has 11 heavy (non-hydrogen) atoms. The number of hydrogen-bond donors (Lipinski definition) is 0. The number of aromatic nitrogens is 2. The van der Waals surface area contributed by atoms with Crippen LogP contribution in [-0.4, -0.2) is 9.97 Å². The highest BCUT2D eigenvalue weighted by atomic mass is 14.8. The van der Waals surface area contributed by atoms with E-state index in [0.29, 0.717) is 0 Å². The minimum atomic E-state index is 0.288. The number of nitrogens with one attached hydrogen (secondary N) is 1. The Labute approximate surface area is 63.9 Å². The third-order valence-corrected chi connectivity index (χ3v) is 1.57. The molecule has 0 saturated carbocycles. The highest BCUT2D eigenvalue weighted by Crippen LogP contribution is 2.16. The molecule has 0 aliphatic carbocycles. The molecule has 3 nitrogen and oxygen atoms in total. The van der Waals surface area contributed by atoms with Gasteiger partial charge in [-0.2, -0.15) is 0 Å². The summed E-state index contributed by atoms with van der Waals surface area (Å²) < 4.78 is 0. The summed E-state index contributed by atoms with van der Waals surface area (Å²) in [5, 5.41) is 1.81. The molecule has 0 aliphatic heterocycles. The van der Waals surface area contributed by atoms with E-state index in [0.717, 1.165) is 10.8 Å². The van der Waals surface area contributed by atoms with Gasteiger partial charge in [0.25, 0.3) is 0 Å². The Morgan fingerprint density at radius 1 is 1.18 bits per heavy atom. The van der Waals surface area contributed by atoms with Crippen LogP contribution in [0.25, 0.3) is 10.8 Å². The van der Waals surface area contributed by atoms with E-state index in [4.69, 9.17) is 5.73 Å². The summed E-state index contributed by atoms with van der Waals surface area (Å²) in [4.78, 5) is 7.75. The lowest BCUT2D eigenvalue weighted by atomic mass is 10.2. The van der Waals surface area contributed by atoms with Crippen molar-refractivity contribution >= 4 is 16.6 Å². The molecule has 2 aromatic rings. The zero-order valence-corrected chi connectivity index (χ0v) is 5.78. The summed E-state index contributed by atoms with van der Waals surface area (Å²) in [6, 6.07) is 3.74. The van der Waals surface area contributed by atoms with Gasteiger partial charge in [-0.05, 0) is 17.5 Å². The molecule has 2 aromatic heterocycles. The van der Waals surface area contributed by atoms with Gasteiger partial charge in [-0.25, -0.2) is 4.98 Å². The molecular weight excluding hydrogens is 138 g/mol. The highest BCUT2D eigenvalue weighted by Gasteiger charge is 1.95. The summed E-state index contributed by atoms with van der Waals surface area (Å²) in [6.07, 6.45) is 5.00. The predicted molar refractivity (Wildman–Crippen MR) is 42.3 cm³/mol. The number of nitrogens with zero attached hydrogens (tertiary/aromatic N) is 2. The van der Waals surface area contributed by atoms with Gasteiger partial charge in [-0.3, -0.25) is 10.7 Å². The zero-order chi connectivity index (χ0) is 7.68. The van der Waals surface area contributed by atoms with E-state index >= 15 is 0 Å². The van der Waals surface area contributed by atoms with Crippen molar-refractivity contribution in [2.24, 2.45) is 0 Å². The summed E-state index contributed by atoms with van der Waals surface area (Å²) in [6.45, 7) is 0. The maximum absolute atomic E-state index is 7.41. The lowest BCUT2D eigenvalue weighted by Crippen LogP contribution is -1.81. The molecule has 0 fully saturated rings. The van der Waals surface area contributed by atoms with Gasteiger partial charge >= 0.3 is 0 Å². The quantitative estimate of drug-likeness (QED) is 0.563. The minimum absolute atomic E-state index is 0.288. The molecular formula is C8H6N3. The van der Waals surface area contributed by atoms with E-state index < -0.39 is 0 Å². The lowest BCUT2D eigenvalue weighted by molar-refractivity contribution is 1.26. The van der Waals surface area contributed by atoms with Crippen molar-refractivity contribution in [1.82, 2.24) is 15.7 Å². The largest absolute Gasteiger partial charge is 0.282 e. The Morgan fingerprint density at radius 3 is 2.82 bits per heavy atom. The first-order chi connectivity index (χ1) is 5.38. The molecule has 0 spiro atoms. The fourth-order valence-electron chi connectivity index (χ4n) is 1.01. The average Bonchev–Trinajstić information content (AvgIpc) is 2.06. The van der Waals surface area contributed by atoms with Gasteiger partial charge in [0.15, 0.2) is 5.82 Å². The topological polar surface area (TPSA) is 49.6 Å². The Morgan fingerprint density at radius 2 is 2.00 bits per heavy atom. The first kappa shape index (κ1) is 6.09. The Hall–Kier alpha value is -1.64. The van der Waals surface area contributed by atoms with Gasteiger partial charge in [-0.15, -0.1) is 0 Å². The van der Waals surface area contributed by atoms with Crippen LogP contribution in [0.2, 0.25) is 0 Å². The first-order valence-corrected chi connectivity index (χ1v) is 3.28. The molecule has 0 amide bonds. The molecule has 0 aromatic carbocycles. The van der Waals surface area contributed by atoms with Crippen molar-refractivity contribution in [1.29, 1.82) is 0 Å². The molecule has 3 heteroatoms. The molecule has 0 atom stereocenters. The summed E-state index contributed by atoms with van der Waals surface area (Å²) in [7, 11) is 0. The summed E-state index contributed by atoms with van der Waals surface area (Å²) in [5.41, 5.74) is 7.41. The van der Waals surface area contributed by atoms with Crippen LogP contribution in [0.5, 0.6) is 0 Å². The van der Waals surface area contributed by atoms with E-state index in [1.807, 2.05) is 12.1 Å². The van der Waals surface area contributed by atoms with Crippen LogP contribution >= 0.6 is 0 Å². The van der Waals surface area contributed by atoms with Crippen LogP contribution in [0.3, 0.4) is 0 Å². The van der Waals surface area contributed by atoms with Crippen LogP contribution in [0.4, 0.5) is 5.82 Å². The van der Waals surface area contributed by atoms with E-state index in [1.165, 1.54) is 0 Å². The van der Waals surface area contributed by atoms with E-state index in [1.54, 1.807) is 18.6 Å². The van der Waals surface area contributed by atoms with Crippen LogP contribution in [-0.2, 0) is 0 Å². The van der Waals surface area contributed by atoms with Crippen molar-refractivity contribution in [3.8, 4) is 0 Å². The standard InChI is InChI=1S/C8H6N3/c9-8-7-5-10-3-1-6(7)2-4-11-8/h1-5,9H. The Bertz CT molecular complexity index is 378. The first-order valence-electron chi connectivity index (χ1n) is 3.28. The van der Waals surface area contributed by atoms with Crippen LogP contribution in [0.1, 0.15) is 0 Å². The molecule has 2 rings (SSSR count). The van der Waals surface area contributed by atoms with Crippen molar-refractivity contribution in [2.75, 3.05) is 0 Å². The second kappa shape index (κ2) is 2.20. The van der Waals surface area contributed by atoms with Crippen molar-refractivity contribution in [3.63, 3.8) is 0 Å². The van der Waals surface area contributed by atoms with E-state index in [-0.39, 0.29) is 5.82 Å². The number of pyridine rings is 2. The fraction of sp³-hybridized carbons (Fsp3) is 0. The molecule has 0 unspecified atom stereocenters. The van der Waals surface area contributed by atoms with Crippen molar-refractivity contribution in [3.05, 3.63) is 30.7 Å². The highest BCUT2D eigenvalue weighted by molar-refractivity contribution is 5.88.